The Bertz CT molecular complexity index is 691. The molecule has 1 amide bonds. The van der Waals surface area contributed by atoms with Gasteiger partial charge in [-0.05, 0) is 30.5 Å². The van der Waals surface area contributed by atoms with Crippen molar-refractivity contribution in [1.29, 1.82) is 0 Å². The molecule has 0 radical (unpaired) electrons. The van der Waals surface area contributed by atoms with Crippen LogP contribution in [0.1, 0.15) is 30.6 Å². The minimum atomic E-state index is -4.55. The van der Waals surface area contributed by atoms with Crippen molar-refractivity contribution in [2.24, 2.45) is 11.7 Å². The van der Waals surface area contributed by atoms with Gasteiger partial charge in [-0.1, -0.05) is 19.9 Å². The summed E-state index contributed by atoms with van der Waals surface area (Å²) in [7, 11) is -3.95. The Balaban J connectivity index is 2.93. The van der Waals surface area contributed by atoms with Gasteiger partial charge in [-0.2, -0.15) is 13.2 Å². The molecule has 0 aliphatic carbocycles. The second-order valence-corrected chi connectivity index (χ2v) is 7.72. The summed E-state index contributed by atoms with van der Waals surface area (Å²) < 4.78 is 63.7. The zero-order valence-corrected chi connectivity index (χ0v) is 14.7. The highest BCUT2D eigenvalue weighted by molar-refractivity contribution is 7.89. The van der Waals surface area contributed by atoms with Crippen molar-refractivity contribution in [3.63, 3.8) is 0 Å². The van der Waals surface area contributed by atoms with Crippen LogP contribution in [0.5, 0.6) is 0 Å². The van der Waals surface area contributed by atoms with Crippen LogP contribution in [-0.4, -0.2) is 39.6 Å². The Labute approximate surface area is 145 Å². The van der Waals surface area contributed by atoms with Crippen molar-refractivity contribution in [2.75, 3.05) is 13.1 Å². The number of amides is 1. The number of nitrogens with two attached hydrogens (primary N) is 1. The highest BCUT2D eigenvalue weighted by Crippen LogP contribution is 2.15. The fraction of sp³-hybridized carbons (Fsp3) is 0.533. The van der Waals surface area contributed by atoms with Crippen LogP contribution in [0.2, 0.25) is 0 Å². The molecule has 0 saturated heterocycles. The van der Waals surface area contributed by atoms with Crippen LogP contribution < -0.4 is 15.8 Å². The van der Waals surface area contributed by atoms with Gasteiger partial charge in [0, 0.05) is 18.2 Å². The largest absolute Gasteiger partial charge is 0.405 e. The molecule has 1 unspecified atom stereocenters. The van der Waals surface area contributed by atoms with Crippen molar-refractivity contribution < 1.29 is 26.4 Å². The number of carbonyl (C=O) groups excluding carboxylic acids is 1. The van der Waals surface area contributed by atoms with Crippen LogP contribution in [0.25, 0.3) is 0 Å². The lowest BCUT2D eigenvalue weighted by atomic mass is 10.1. The Morgan fingerprint density at radius 2 is 1.92 bits per heavy atom. The van der Waals surface area contributed by atoms with E-state index in [0.717, 1.165) is 6.07 Å². The fourth-order valence-corrected chi connectivity index (χ4v) is 3.44. The van der Waals surface area contributed by atoms with E-state index in [2.05, 4.69) is 4.72 Å². The first kappa shape index (κ1) is 21.4. The zero-order chi connectivity index (χ0) is 19.3. The number of carbonyl (C=O) groups is 1. The highest BCUT2D eigenvalue weighted by atomic mass is 32.2. The van der Waals surface area contributed by atoms with E-state index in [1.807, 2.05) is 13.8 Å². The summed E-state index contributed by atoms with van der Waals surface area (Å²) in [6.07, 6.45) is -4.02. The summed E-state index contributed by atoms with van der Waals surface area (Å²) in [5, 5.41) is 1.70. The number of sulfonamides is 1. The lowest BCUT2D eigenvalue weighted by molar-refractivity contribution is -0.123. The summed E-state index contributed by atoms with van der Waals surface area (Å²) in [5.41, 5.74) is 5.39. The highest BCUT2D eigenvalue weighted by Gasteiger charge is 2.28. The van der Waals surface area contributed by atoms with Crippen molar-refractivity contribution in [1.82, 2.24) is 10.0 Å². The van der Waals surface area contributed by atoms with Gasteiger partial charge in [0.25, 0.3) is 5.91 Å². The van der Waals surface area contributed by atoms with Crippen LogP contribution in [-0.2, 0) is 10.0 Å². The number of hydrogen-bond donors (Lipinski definition) is 3. The third-order valence-electron chi connectivity index (χ3n) is 3.22. The summed E-state index contributed by atoms with van der Waals surface area (Å²) in [6, 6.07) is 4.33. The van der Waals surface area contributed by atoms with Gasteiger partial charge in [0.15, 0.2) is 0 Å². The zero-order valence-electron chi connectivity index (χ0n) is 13.9. The van der Waals surface area contributed by atoms with Crippen molar-refractivity contribution in [3.8, 4) is 0 Å². The molecule has 10 heteroatoms. The van der Waals surface area contributed by atoms with Gasteiger partial charge in [0.1, 0.15) is 6.54 Å². The van der Waals surface area contributed by atoms with Crippen LogP contribution >= 0.6 is 0 Å². The smallest absolute Gasteiger partial charge is 0.343 e. The van der Waals surface area contributed by atoms with Gasteiger partial charge in [0.2, 0.25) is 10.0 Å². The first-order valence-corrected chi connectivity index (χ1v) is 9.10. The van der Waals surface area contributed by atoms with Crippen LogP contribution in [0.15, 0.2) is 29.2 Å². The molecule has 0 bridgehead atoms. The van der Waals surface area contributed by atoms with Crippen LogP contribution in [0.4, 0.5) is 13.2 Å². The van der Waals surface area contributed by atoms with Crippen molar-refractivity contribution in [2.45, 2.75) is 37.4 Å². The average Bonchev–Trinajstić information content (AvgIpc) is 2.50. The minimum absolute atomic E-state index is 0.100. The molecule has 1 rings (SSSR count). The normalized spacial score (nSPS) is 13.7. The third-order valence-corrected chi connectivity index (χ3v) is 4.74. The van der Waals surface area contributed by atoms with Gasteiger partial charge in [-0.3, -0.25) is 4.79 Å². The molecular formula is C15H22F3N3O3S. The molecular weight excluding hydrogens is 359 g/mol. The van der Waals surface area contributed by atoms with Crippen LogP contribution in [0.3, 0.4) is 0 Å². The average molecular weight is 381 g/mol. The van der Waals surface area contributed by atoms with E-state index in [-0.39, 0.29) is 22.9 Å². The number of rotatable bonds is 8. The molecule has 142 valence electrons. The SMILES string of the molecule is CC(C)CC(CN)NS(=O)(=O)c1cccc(C(=O)NCC(F)(F)F)c1. The minimum Gasteiger partial charge on any atom is -0.343 e. The lowest BCUT2D eigenvalue weighted by Gasteiger charge is -2.19. The molecule has 25 heavy (non-hydrogen) atoms. The fourth-order valence-electron chi connectivity index (χ4n) is 2.14. The van der Waals surface area contributed by atoms with Crippen molar-refractivity contribution in [3.05, 3.63) is 29.8 Å². The predicted octanol–water partition coefficient (Wildman–Crippen LogP) is 1.63. The summed E-state index contributed by atoms with van der Waals surface area (Å²) in [6.45, 7) is 2.44. The maximum atomic E-state index is 12.4. The molecule has 0 heterocycles. The molecule has 6 nitrogen and oxygen atoms in total. The second kappa shape index (κ2) is 8.63. The Kier molecular flexibility index (Phi) is 7.39. The monoisotopic (exact) mass is 381 g/mol. The van der Waals surface area contributed by atoms with E-state index < -0.39 is 34.7 Å². The molecule has 0 fully saturated rings. The number of hydrogen-bond acceptors (Lipinski definition) is 4. The van der Waals surface area contributed by atoms with Crippen molar-refractivity contribution >= 4 is 15.9 Å². The first-order valence-electron chi connectivity index (χ1n) is 7.62. The Morgan fingerprint density at radius 3 is 2.44 bits per heavy atom. The molecule has 0 aliphatic rings. The predicted molar refractivity (Wildman–Crippen MR) is 87.4 cm³/mol. The second-order valence-electron chi connectivity index (χ2n) is 6.01. The number of nitrogens with one attached hydrogen (secondary N) is 2. The van der Waals surface area contributed by atoms with E-state index >= 15 is 0 Å². The summed E-state index contributed by atoms with van der Waals surface area (Å²) in [4.78, 5) is 11.5. The van der Waals surface area contributed by atoms with E-state index in [0.29, 0.717) is 6.42 Å². The van der Waals surface area contributed by atoms with Gasteiger partial charge in [-0.25, -0.2) is 13.1 Å². The molecule has 1 aromatic rings. The Morgan fingerprint density at radius 1 is 1.28 bits per heavy atom. The Hall–Kier alpha value is -1.65. The lowest BCUT2D eigenvalue weighted by Crippen LogP contribution is -2.41. The molecule has 1 atom stereocenters. The quantitative estimate of drug-likeness (QED) is 0.637. The standard InChI is InChI=1S/C15H22F3N3O3S/c1-10(2)6-12(8-19)21-25(23,24)13-5-3-4-11(7-13)14(22)20-9-15(16,17)18/h3-5,7,10,12,21H,6,8-9,19H2,1-2H3,(H,20,22). The molecule has 0 aromatic heterocycles. The van der Waals surface area contributed by atoms with Gasteiger partial charge in [0.05, 0.1) is 4.90 Å². The third kappa shape index (κ3) is 7.41. The van der Waals surface area contributed by atoms with E-state index in [1.54, 1.807) is 5.32 Å². The molecule has 0 aliphatic heterocycles. The molecule has 0 saturated carbocycles. The van der Waals surface area contributed by atoms with Crippen LogP contribution in [0, 0.1) is 5.92 Å². The maximum Gasteiger partial charge on any atom is 0.405 e. The van der Waals surface area contributed by atoms with E-state index in [9.17, 15) is 26.4 Å². The number of halogens is 3. The summed E-state index contributed by atoms with van der Waals surface area (Å²) in [5.74, 6) is -0.789. The molecule has 0 spiro atoms. The van der Waals surface area contributed by atoms with E-state index in [4.69, 9.17) is 5.73 Å². The number of benzene rings is 1. The van der Waals surface area contributed by atoms with Gasteiger partial charge >= 0.3 is 6.18 Å². The van der Waals surface area contributed by atoms with Gasteiger partial charge < -0.3 is 11.1 Å². The molecule has 4 N–H and O–H groups in total. The van der Waals surface area contributed by atoms with E-state index in [1.165, 1.54) is 18.2 Å². The topological polar surface area (TPSA) is 101 Å². The first-order chi connectivity index (χ1) is 11.4. The maximum absolute atomic E-state index is 12.4. The van der Waals surface area contributed by atoms with Gasteiger partial charge in [-0.15, -0.1) is 0 Å². The number of alkyl halides is 3. The summed E-state index contributed by atoms with van der Waals surface area (Å²) >= 11 is 0. The molecule has 1 aromatic carbocycles.